The number of nitrogens with zero attached hydrogens (tertiary/aromatic N) is 2. The largest absolute Gasteiger partial charge is 0.282 e. The molecule has 1 heterocycles. The maximum Gasteiger partial charge on any atom is 0.282 e. The molecule has 0 unspecified atom stereocenters. The van der Waals surface area contributed by atoms with E-state index in [0.717, 1.165) is 43.4 Å². The standard InChI is InChI=1S/C16H23F2N2/c1-5-11(6-2)13-9-12(17)10-14(18)15(13)16-19(3)7-8-20(16)4/h9-11H,5-8H2,1-4H3/q+1. The van der Waals surface area contributed by atoms with Crippen LogP contribution in [-0.2, 0) is 0 Å². The highest BCUT2D eigenvalue weighted by atomic mass is 19.1. The molecule has 0 atom stereocenters. The summed E-state index contributed by atoms with van der Waals surface area (Å²) in [6.07, 6.45) is 1.76. The minimum atomic E-state index is -0.489. The predicted molar refractivity (Wildman–Crippen MR) is 77.5 cm³/mol. The summed E-state index contributed by atoms with van der Waals surface area (Å²) >= 11 is 0. The van der Waals surface area contributed by atoms with Gasteiger partial charge in [0.1, 0.15) is 30.3 Å². The zero-order valence-corrected chi connectivity index (χ0v) is 12.7. The second-order valence-corrected chi connectivity index (χ2v) is 5.53. The summed E-state index contributed by atoms with van der Waals surface area (Å²) in [5.74, 6) is 0.106. The van der Waals surface area contributed by atoms with Crippen LogP contribution >= 0.6 is 0 Å². The molecule has 2 nitrogen and oxygen atoms in total. The van der Waals surface area contributed by atoms with Gasteiger partial charge < -0.3 is 0 Å². The molecule has 0 amide bonds. The van der Waals surface area contributed by atoms with Gasteiger partial charge in [-0.05, 0) is 30.4 Å². The minimum Gasteiger partial charge on any atom is -0.260 e. The van der Waals surface area contributed by atoms with Crippen molar-refractivity contribution in [3.8, 4) is 0 Å². The van der Waals surface area contributed by atoms with E-state index in [1.54, 1.807) is 0 Å². The van der Waals surface area contributed by atoms with Crippen molar-refractivity contribution < 1.29 is 13.4 Å². The second-order valence-electron chi connectivity index (χ2n) is 5.53. The third-order valence-corrected chi connectivity index (χ3v) is 4.23. The Labute approximate surface area is 119 Å². The molecule has 1 aliphatic rings. The van der Waals surface area contributed by atoms with Crippen molar-refractivity contribution in [2.24, 2.45) is 0 Å². The number of halogens is 2. The van der Waals surface area contributed by atoms with Gasteiger partial charge in [-0.15, -0.1) is 0 Å². The molecular formula is C16H23F2N2+. The Morgan fingerprint density at radius 1 is 1.25 bits per heavy atom. The molecule has 0 N–H and O–H groups in total. The number of likely N-dealkylation sites (N-methyl/N-ethyl adjacent to an activating group) is 2. The number of rotatable bonds is 4. The molecule has 4 heteroatoms. The molecule has 1 aliphatic heterocycles. The van der Waals surface area contributed by atoms with Crippen LogP contribution in [-0.4, -0.2) is 42.5 Å². The van der Waals surface area contributed by atoms with E-state index < -0.39 is 11.6 Å². The van der Waals surface area contributed by atoms with E-state index in [9.17, 15) is 8.78 Å². The van der Waals surface area contributed by atoms with Crippen molar-refractivity contribution in [2.75, 3.05) is 27.2 Å². The zero-order chi connectivity index (χ0) is 14.9. The van der Waals surface area contributed by atoms with Crippen LogP contribution in [0.1, 0.15) is 43.7 Å². The van der Waals surface area contributed by atoms with Gasteiger partial charge in [0.05, 0.1) is 14.1 Å². The van der Waals surface area contributed by atoms with Crippen molar-refractivity contribution >= 4 is 5.84 Å². The lowest BCUT2D eigenvalue weighted by Gasteiger charge is -2.19. The molecule has 1 aromatic carbocycles. The first kappa shape index (κ1) is 14.9. The Morgan fingerprint density at radius 3 is 2.40 bits per heavy atom. The summed E-state index contributed by atoms with van der Waals surface area (Å²) in [5.41, 5.74) is 1.37. The van der Waals surface area contributed by atoms with Crippen LogP contribution in [0.4, 0.5) is 8.78 Å². The fourth-order valence-corrected chi connectivity index (χ4v) is 3.06. The topological polar surface area (TPSA) is 6.25 Å². The fraction of sp³-hybridized carbons (Fsp3) is 0.562. The molecule has 0 bridgehead atoms. The van der Waals surface area contributed by atoms with Crippen LogP contribution in [0.5, 0.6) is 0 Å². The Bertz CT molecular complexity index is 534. The van der Waals surface area contributed by atoms with Crippen LogP contribution in [0.2, 0.25) is 0 Å². The Balaban J connectivity index is 2.65. The van der Waals surface area contributed by atoms with E-state index in [2.05, 4.69) is 13.8 Å². The van der Waals surface area contributed by atoms with Gasteiger partial charge in [-0.3, -0.25) is 9.48 Å². The highest BCUT2D eigenvalue weighted by Crippen LogP contribution is 2.30. The number of amidine groups is 1. The fourth-order valence-electron chi connectivity index (χ4n) is 3.06. The highest BCUT2D eigenvalue weighted by Gasteiger charge is 2.33. The maximum absolute atomic E-state index is 14.4. The predicted octanol–water partition coefficient (Wildman–Crippen LogP) is 3.20. The number of hydrogen-bond donors (Lipinski definition) is 0. The van der Waals surface area contributed by atoms with E-state index in [-0.39, 0.29) is 5.92 Å². The molecule has 0 saturated heterocycles. The molecule has 1 aromatic rings. The van der Waals surface area contributed by atoms with Gasteiger partial charge >= 0.3 is 0 Å². The molecule has 20 heavy (non-hydrogen) atoms. The van der Waals surface area contributed by atoms with Crippen LogP contribution in [0, 0.1) is 11.6 Å². The average molecular weight is 281 g/mol. The Hall–Kier alpha value is -1.45. The van der Waals surface area contributed by atoms with E-state index >= 15 is 0 Å². The van der Waals surface area contributed by atoms with Crippen LogP contribution in [0.3, 0.4) is 0 Å². The van der Waals surface area contributed by atoms with Gasteiger partial charge in [0.15, 0.2) is 0 Å². The molecule has 0 fully saturated rings. The Morgan fingerprint density at radius 2 is 1.90 bits per heavy atom. The van der Waals surface area contributed by atoms with Crippen molar-refractivity contribution in [1.82, 2.24) is 4.90 Å². The first-order chi connectivity index (χ1) is 9.49. The summed E-state index contributed by atoms with van der Waals surface area (Å²) in [7, 11) is 3.91. The van der Waals surface area contributed by atoms with Gasteiger partial charge in [0.2, 0.25) is 0 Å². The molecule has 0 spiro atoms. The first-order valence-corrected chi connectivity index (χ1v) is 7.28. The SMILES string of the molecule is CCC(CC)c1cc(F)cc(F)c1C1=[N+](C)CCN1C. The van der Waals surface area contributed by atoms with Gasteiger partial charge in [0, 0.05) is 6.07 Å². The van der Waals surface area contributed by atoms with Crippen LogP contribution < -0.4 is 0 Å². The van der Waals surface area contributed by atoms with Crippen molar-refractivity contribution in [2.45, 2.75) is 32.6 Å². The highest BCUT2D eigenvalue weighted by molar-refractivity contribution is 5.97. The summed E-state index contributed by atoms with van der Waals surface area (Å²) in [6, 6.07) is 2.50. The second kappa shape index (κ2) is 5.90. The monoisotopic (exact) mass is 281 g/mol. The normalized spacial score (nSPS) is 15.7. The van der Waals surface area contributed by atoms with Gasteiger partial charge in [0.25, 0.3) is 5.84 Å². The zero-order valence-electron chi connectivity index (χ0n) is 12.7. The molecular weight excluding hydrogens is 258 g/mol. The quantitative estimate of drug-likeness (QED) is 0.768. The van der Waals surface area contributed by atoms with E-state index in [0.29, 0.717) is 5.56 Å². The lowest BCUT2D eigenvalue weighted by molar-refractivity contribution is -0.486. The third kappa shape index (κ3) is 2.56. The molecule has 0 saturated carbocycles. The number of hydrogen-bond acceptors (Lipinski definition) is 1. The van der Waals surface area contributed by atoms with E-state index in [1.807, 2.05) is 23.6 Å². The van der Waals surface area contributed by atoms with E-state index in [1.165, 1.54) is 6.07 Å². The van der Waals surface area contributed by atoms with Gasteiger partial charge in [-0.2, -0.15) is 0 Å². The van der Waals surface area contributed by atoms with Crippen LogP contribution in [0.15, 0.2) is 12.1 Å². The summed E-state index contributed by atoms with van der Waals surface area (Å²) in [4.78, 5) is 2.04. The average Bonchev–Trinajstić information content (AvgIpc) is 2.71. The molecule has 0 aliphatic carbocycles. The van der Waals surface area contributed by atoms with Crippen molar-refractivity contribution in [1.29, 1.82) is 0 Å². The van der Waals surface area contributed by atoms with Crippen molar-refractivity contribution in [3.05, 3.63) is 34.9 Å². The summed E-state index contributed by atoms with van der Waals surface area (Å²) in [5, 5.41) is 0. The summed E-state index contributed by atoms with van der Waals surface area (Å²) < 4.78 is 30.1. The smallest absolute Gasteiger partial charge is 0.260 e. The molecule has 0 radical (unpaired) electrons. The molecule has 0 aromatic heterocycles. The Kier molecular flexibility index (Phi) is 4.41. The lowest BCUT2D eigenvalue weighted by Crippen LogP contribution is -2.28. The molecule has 2 rings (SSSR count). The lowest BCUT2D eigenvalue weighted by atomic mass is 9.89. The third-order valence-electron chi connectivity index (χ3n) is 4.23. The molecule has 110 valence electrons. The van der Waals surface area contributed by atoms with Gasteiger partial charge in [-0.1, -0.05) is 13.8 Å². The van der Waals surface area contributed by atoms with Crippen molar-refractivity contribution in [3.63, 3.8) is 0 Å². The van der Waals surface area contributed by atoms with E-state index in [4.69, 9.17) is 0 Å². The first-order valence-electron chi connectivity index (χ1n) is 7.28. The maximum atomic E-state index is 14.4. The minimum absolute atomic E-state index is 0.185. The van der Waals surface area contributed by atoms with Gasteiger partial charge in [-0.25, -0.2) is 8.78 Å². The summed E-state index contributed by atoms with van der Waals surface area (Å²) in [6.45, 7) is 5.86. The van der Waals surface area contributed by atoms with Crippen LogP contribution in [0.25, 0.3) is 0 Å². The number of benzene rings is 1.